The zero-order valence-corrected chi connectivity index (χ0v) is 8.09. The third-order valence-corrected chi connectivity index (χ3v) is 1.83. The Morgan fingerprint density at radius 1 is 1.27 bits per heavy atom. The lowest BCUT2D eigenvalue weighted by molar-refractivity contribution is 0.881. The van der Waals surface area contributed by atoms with Crippen LogP contribution in [0.4, 0.5) is 5.95 Å². The monoisotopic (exact) mass is 201 g/mol. The van der Waals surface area contributed by atoms with E-state index in [-0.39, 0.29) is 0 Å². The molecule has 0 aliphatic rings. The van der Waals surface area contributed by atoms with Crippen molar-refractivity contribution in [2.75, 3.05) is 11.9 Å². The number of tetrazole rings is 1. The molecule has 0 aliphatic heterocycles. The Balaban J connectivity index is 1.81. The van der Waals surface area contributed by atoms with Crippen molar-refractivity contribution in [3.63, 3.8) is 0 Å². The number of benzene rings is 1. The van der Waals surface area contributed by atoms with Crippen LogP contribution in [0.25, 0.3) is 6.08 Å². The second-order valence-electron chi connectivity index (χ2n) is 2.93. The molecule has 0 radical (unpaired) electrons. The van der Waals surface area contributed by atoms with E-state index in [4.69, 9.17) is 0 Å². The number of hydrogen-bond acceptors (Lipinski definition) is 4. The smallest absolute Gasteiger partial charge is 0.263 e. The molecule has 15 heavy (non-hydrogen) atoms. The molecule has 0 amide bonds. The predicted octanol–water partition coefficient (Wildman–Crippen LogP) is 1.32. The minimum atomic E-state index is 0.507. The molecule has 1 aromatic heterocycles. The highest BCUT2D eigenvalue weighted by Crippen LogP contribution is 2.00. The van der Waals surface area contributed by atoms with Crippen LogP contribution in [-0.2, 0) is 0 Å². The van der Waals surface area contributed by atoms with Crippen molar-refractivity contribution < 1.29 is 0 Å². The van der Waals surface area contributed by atoms with Gasteiger partial charge in [0, 0.05) is 6.54 Å². The molecule has 0 aliphatic carbocycles. The number of H-pyrrole nitrogens is 1. The van der Waals surface area contributed by atoms with Crippen LogP contribution in [0.15, 0.2) is 36.4 Å². The van der Waals surface area contributed by atoms with Gasteiger partial charge in [-0.2, -0.15) is 5.21 Å². The third-order valence-electron chi connectivity index (χ3n) is 1.83. The maximum atomic E-state index is 3.77. The predicted molar refractivity (Wildman–Crippen MR) is 58.1 cm³/mol. The molecule has 0 bridgehead atoms. The van der Waals surface area contributed by atoms with Crippen LogP contribution in [0.1, 0.15) is 5.56 Å². The van der Waals surface area contributed by atoms with Crippen LogP contribution >= 0.6 is 0 Å². The fourth-order valence-electron chi connectivity index (χ4n) is 1.15. The van der Waals surface area contributed by atoms with Crippen LogP contribution in [0.5, 0.6) is 0 Å². The molecule has 0 saturated heterocycles. The molecule has 2 rings (SSSR count). The number of anilines is 1. The van der Waals surface area contributed by atoms with E-state index in [1.807, 2.05) is 42.5 Å². The quantitative estimate of drug-likeness (QED) is 0.783. The Hall–Kier alpha value is -2.17. The van der Waals surface area contributed by atoms with E-state index in [1.165, 1.54) is 5.56 Å². The summed E-state index contributed by atoms with van der Waals surface area (Å²) in [6.45, 7) is 0.675. The van der Waals surface area contributed by atoms with Gasteiger partial charge in [0.05, 0.1) is 0 Å². The maximum Gasteiger partial charge on any atom is 0.263 e. The van der Waals surface area contributed by atoms with Crippen molar-refractivity contribution in [2.45, 2.75) is 0 Å². The van der Waals surface area contributed by atoms with Gasteiger partial charge in [0.1, 0.15) is 0 Å². The summed E-state index contributed by atoms with van der Waals surface area (Å²) in [6.07, 6.45) is 4.04. The fourth-order valence-corrected chi connectivity index (χ4v) is 1.15. The van der Waals surface area contributed by atoms with Gasteiger partial charge in [0.2, 0.25) is 0 Å². The van der Waals surface area contributed by atoms with E-state index in [1.54, 1.807) is 0 Å². The Morgan fingerprint density at radius 2 is 2.13 bits per heavy atom. The minimum absolute atomic E-state index is 0.507. The van der Waals surface area contributed by atoms with Crippen LogP contribution in [0.2, 0.25) is 0 Å². The molecular formula is C10H11N5. The Labute approximate surface area is 87.2 Å². The molecular weight excluding hydrogens is 190 g/mol. The number of nitrogens with one attached hydrogen (secondary N) is 2. The summed E-state index contributed by atoms with van der Waals surface area (Å²) in [6, 6.07) is 10.1. The largest absolute Gasteiger partial charge is 0.348 e. The molecule has 2 N–H and O–H groups in total. The van der Waals surface area contributed by atoms with E-state index in [0.717, 1.165) is 0 Å². The lowest BCUT2D eigenvalue weighted by Crippen LogP contribution is -1.99. The van der Waals surface area contributed by atoms with Gasteiger partial charge in [-0.25, -0.2) is 0 Å². The van der Waals surface area contributed by atoms with Gasteiger partial charge in [-0.3, -0.25) is 0 Å². The van der Waals surface area contributed by atoms with E-state index < -0.39 is 0 Å². The molecule has 0 fully saturated rings. The normalized spacial score (nSPS) is 10.7. The summed E-state index contributed by atoms with van der Waals surface area (Å²) < 4.78 is 0. The SMILES string of the molecule is C(=Cc1ccccc1)CNc1nn[nH]n1. The minimum Gasteiger partial charge on any atom is -0.348 e. The van der Waals surface area contributed by atoms with Crippen molar-refractivity contribution in [3.8, 4) is 0 Å². The summed E-state index contributed by atoms with van der Waals surface area (Å²) in [5.74, 6) is 0.507. The topological polar surface area (TPSA) is 66.5 Å². The first kappa shape index (κ1) is 9.39. The Kier molecular flexibility index (Phi) is 3.07. The lowest BCUT2D eigenvalue weighted by Gasteiger charge is -1.94. The second-order valence-corrected chi connectivity index (χ2v) is 2.93. The first-order valence-electron chi connectivity index (χ1n) is 4.64. The standard InChI is InChI=1S/C10H11N5/c1-2-5-9(6-3-1)7-4-8-11-10-12-14-15-13-10/h1-7H,8H2,(H2,11,12,13,14,15). The number of aromatic nitrogens is 4. The number of rotatable bonds is 4. The van der Waals surface area contributed by atoms with Gasteiger partial charge >= 0.3 is 0 Å². The third kappa shape index (κ3) is 2.91. The van der Waals surface area contributed by atoms with Gasteiger partial charge in [-0.15, -0.1) is 5.10 Å². The van der Waals surface area contributed by atoms with E-state index >= 15 is 0 Å². The average molecular weight is 201 g/mol. The van der Waals surface area contributed by atoms with Gasteiger partial charge in [-0.1, -0.05) is 47.6 Å². The van der Waals surface area contributed by atoms with Crippen LogP contribution in [-0.4, -0.2) is 27.2 Å². The van der Waals surface area contributed by atoms with Crippen molar-refractivity contribution in [1.82, 2.24) is 20.6 Å². The Morgan fingerprint density at radius 3 is 2.87 bits per heavy atom. The summed E-state index contributed by atoms with van der Waals surface area (Å²) in [5, 5.41) is 16.3. The second kappa shape index (κ2) is 4.90. The first-order chi connectivity index (χ1) is 7.45. The molecule has 0 saturated carbocycles. The highest BCUT2D eigenvalue weighted by molar-refractivity contribution is 5.49. The van der Waals surface area contributed by atoms with Gasteiger partial charge in [0.25, 0.3) is 5.95 Å². The number of aromatic amines is 1. The zero-order valence-electron chi connectivity index (χ0n) is 8.09. The molecule has 5 nitrogen and oxygen atoms in total. The Bertz CT molecular complexity index is 407. The molecule has 1 heterocycles. The molecule has 76 valence electrons. The summed E-state index contributed by atoms with van der Waals surface area (Å²) in [5.41, 5.74) is 1.17. The highest BCUT2D eigenvalue weighted by atomic mass is 15.5. The fraction of sp³-hybridized carbons (Fsp3) is 0.100. The molecule has 0 atom stereocenters. The number of hydrogen-bond donors (Lipinski definition) is 2. The zero-order chi connectivity index (χ0) is 10.3. The summed E-state index contributed by atoms with van der Waals surface area (Å²) in [4.78, 5) is 0. The summed E-state index contributed by atoms with van der Waals surface area (Å²) >= 11 is 0. The number of nitrogens with zero attached hydrogens (tertiary/aromatic N) is 3. The highest BCUT2D eigenvalue weighted by Gasteiger charge is 1.91. The van der Waals surface area contributed by atoms with Gasteiger partial charge in [0.15, 0.2) is 0 Å². The van der Waals surface area contributed by atoms with Crippen LogP contribution in [0.3, 0.4) is 0 Å². The molecule has 0 unspecified atom stereocenters. The molecule has 5 heteroatoms. The van der Waals surface area contributed by atoms with E-state index in [0.29, 0.717) is 12.5 Å². The first-order valence-corrected chi connectivity index (χ1v) is 4.64. The van der Waals surface area contributed by atoms with Crippen molar-refractivity contribution >= 4 is 12.0 Å². The molecule has 1 aromatic carbocycles. The summed E-state index contributed by atoms with van der Waals surface area (Å²) in [7, 11) is 0. The van der Waals surface area contributed by atoms with E-state index in [2.05, 4.69) is 25.9 Å². The molecule has 0 spiro atoms. The van der Waals surface area contributed by atoms with Crippen LogP contribution < -0.4 is 5.32 Å². The van der Waals surface area contributed by atoms with Gasteiger partial charge < -0.3 is 5.32 Å². The van der Waals surface area contributed by atoms with Crippen molar-refractivity contribution in [3.05, 3.63) is 42.0 Å². The molecule has 2 aromatic rings. The van der Waals surface area contributed by atoms with Crippen LogP contribution in [0, 0.1) is 0 Å². The van der Waals surface area contributed by atoms with Gasteiger partial charge in [-0.05, 0) is 10.8 Å². The average Bonchev–Trinajstić information content (AvgIpc) is 2.79. The van der Waals surface area contributed by atoms with E-state index in [9.17, 15) is 0 Å². The lowest BCUT2D eigenvalue weighted by atomic mass is 10.2. The van der Waals surface area contributed by atoms with Crippen molar-refractivity contribution in [2.24, 2.45) is 0 Å². The maximum absolute atomic E-state index is 3.77. The van der Waals surface area contributed by atoms with Crippen molar-refractivity contribution in [1.29, 1.82) is 0 Å².